The number of hydrogen-bond acceptors (Lipinski definition) is 2. The van der Waals surface area contributed by atoms with Crippen LogP contribution in [0, 0.1) is 6.29 Å². The summed E-state index contributed by atoms with van der Waals surface area (Å²) < 4.78 is 10.2. The molecule has 0 aliphatic carbocycles. The molecule has 0 amide bonds. The van der Waals surface area contributed by atoms with Crippen LogP contribution < -0.4 is 0 Å². The molecule has 1 heterocycles. The van der Waals surface area contributed by atoms with Gasteiger partial charge in [0.2, 0.25) is 6.29 Å². The molecule has 0 spiro atoms. The van der Waals surface area contributed by atoms with Crippen LogP contribution >= 0.6 is 0 Å². The highest BCUT2D eigenvalue weighted by Gasteiger charge is 2.15. The normalized spacial score (nSPS) is 22.1. The molecule has 2 nitrogen and oxygen atoms in total. The quantitative estimate of drug-likeness (QED) is 0.540. The van der Waals surface area contributed by atoms with E-state index < -0.39 is 0 Å². The Balaban J connectivity index is 2.06. The molecular formula is C6H11O2. The van der Waals surface area contributed by atoms with Gasteiger partial charge in [0.1, 0.15) is 0 Å². The smallest absolute Gasteiger partial charge is 0.223 e. The summed E-state index contributed by atoms with van der Waals surface area (Å²) in [4.78, 5) is 0. The highest BCUT2D eigenvalue weighted by Crippen LogP contribution is 2.16. The van der Waals surface area contributed by atoms with Gasteiger partial charge in [0.25, 0.3) is 0 Å². The molecule has 0 saturated carbocycles. The van der Waals surface area contributed by atoms with Gasteiger partial charge in [-0.1, -0.05) is 13.3 Å². The van der Waals surface area contributed by atoms with Crippen molar-refractivity contribution in [1.82, 2.24) is 0 Å². The number of rotatable bonds is 2. The standard InChI is InChI=1S/C6H11O2/c1-2-3-6-7-4-5-8-6/h2-5H2,1H3. The van der Waals surface area contributed by atoms with E-state index in [1.807, 2.05) is 0 Å². The fourth-order valence-corrected chi connectivity index (χ4v) is 0.701. The van der Waals surface area contributed by atoms with Gasteiger partial charge in [0.15, 0.2) is 0 Å². The van der Waals surface area contributed by atoms with Crippen LogP contribution in [0.5, 0.6) is 0 Å². The Labute approximate surface area is 49.8 Å². The average molecular weight is 115 g/mol. The summed E-state index contributed by atoms with van der Waals surface area (Å²) in [6.45, 7) is 3.60. The van der Waals surface area contributed by atoms with E-state index in [1.54, 1.807) is 0 Å². The molecular weight excluding hydrogens is 104 g/mol. The van der Waals surface area contributed by atoms with E-state index in [0.717, 1.165) is 32.3 Å². The molecule has 1 rings (SSSR count). The maximum atomic E-state index is 5.09. The summed E-state index contributed by atoms with van der Waals surface area (Å²) in [6.07, 6.45) is 2.89. The second-order valence-electron chi connectivity index (χ2n) is 1.82. The highest BCUT2D eigenvalue weighted by molar-refractivity contribution is 4.68. The summed E-state index contributed by atoms with van der Waals surface area (Å²) in [7, 11) is 0. The van der Waals surface area contributed by atoms with Crippen molar-refractivity contribution in [2.24, 2.45) is 0 Å². The van der Waals surface area contributed by atoms with Crippen molar-refractivity contribution in [2.45, 2.75) is 19.8 Å². The molecule has 1 fully saturated rings. The molecule has 1 aliphatic rings. The Kier molecular flexibility index (Phi) is 2.30. The second kappa shape index (κ2) is 3.05. The third-order valence-electron chi connectivity index (χ3n) is 1.06. The molecule has 8 heavy (non-hydrogen) atoms. The van der Waals surface area contributed by atoms with Gasteiger partial charge in [-0.05, 0) is 0 Å². The molecule has 0 bridgehead atoms. The van der Waals surface area contributed by atoms with Crippen LogP contribution in [0.4, 0.5) is 0 Å². The molecule has 0 unspecified atom stereocenters. The van der Waals surface area contributed by atoms with Crippen molar-refractivity contribution in [3.05, 3.63) is 6.29 Å². The van der Waals surface area contributed by atoms with Crippen molar-refractivity contribution in [3.63, 3.8) is 0 Å². The third-order valence-corrected chi connectivity index (χ3v) is 1.06. The Morgan fingerprint density at radius 1 is 1.38 bits per heavy atom. The van der Waals surface area contributed by atoms with Gasteiger partial charge in [-0.2, -0.15) is 0 Å². The first kappa shape index (κ1) is 6.05. The van der Waals surface area contributed by atoms with Crippen molar-refractivity contribution >= 4 is 0 Å². The van der Waals surface area contributed by atoms with E-state index in [4.69, 9.17) is 9.47 Å². The van der Waals surface area contributed by atoms with E-state index in [2.05, 4.69) is 6.92 Å². The van der Waals surface area contributed by atoms with Gasteiger partial charge in [-0.25, -0.2) is 0 Å². The predicted molar refractivity (Wildman–Crippen MR) is 30.1 cm³/mol. The van der Waals surface area contributed by atoms with Crippen molar-refractivity contribution in [1.29, 1.82) is 0 Å². The summed E-state index contributed by atoms with van der Waals surface area (Å²) in [6, 6.07) is 0. The zero-order valence-corrected chi connectivity index (χ0v) is 5.14. The lowest BCUT2D eigenvalue weighted by atomic mass is 10.3. The molecule has 1 radical (unpaired) electrons. The fourth-order valence-electron chi connectivity index (χ4n) is 0.701. The molecule has 1 saturated heterocycles. The van der Waals surface area contributed by atoms with Crippen molar-refractivity contribution < 1.29 is 9.47 Å². The fraction of sp³-hybridized carbons (Fsp3) is 0.833. The van der Waals surface area contributed by atoms with Gasteiger partial charge in [0.05, 0.1) is 13.2 Å². The van der Waals surface area contributed by atoms with Gasteiger partial charge in [-0.15, -0.1) is 0 Å². The zero-order valence-electron chi connectivity index (χ0n) is 5.14. The minimum atomic E-state index is 0.745. The van der Waals surface area contributed by atoms with Crippen LogP contribution in [-0.2, 0) is 9.47 Å². The van der Waals surface area contributed by atoms with E-state index in [-0.39, 0.29) is 0 Å². The summed E-state index contributed by atoms with van der Waals surface area (Å²) >= 11 is 0. The molecule has 0 aromatic rings. The Hall–Kier alpha value is -0.0800. The maximum Gasteiger partial charge on any atom is 0.223 e. The van der Waals surface area contributed by atoms with Gasteiger partial charge < -0.3 is 9.47 Å². The molecule has 0 aromatic heterocycles. The lowest BCUT2D eigenvalue weighted by molar-refractivity contribution is 0.0646. The van der Waals surface area contributed by atoms with Crippen LogP contribution in [0.15, 0.2) is 0 Å². The van der Waals surface area contributed by atoms with Gasteiger partial charge in [0, 0.05) is 6.42 Å². The second-order valence-corrected chi connectivity index (χ2v) is 1.82. The predicted octanol–water partition coefficient (Wildman–Crippen LogP) is 1.32. The maximum absolute atomic E-state index is 5.09. The van der Waals surface area contributed by atoms with Crippen LogP contribution in [0.2, 0.25) is 0 Å². The lowest BCUT2D eigenvalue weighted by Gasteiger charge is -2.01. The molecule has 47 valence electrons. The molecule has 0 atom stereocenters. The molecule has 0 N–H and O–H groups in total. The van der Waals surface area contributed by atoms with Crippen molar-refractivity contribution in [3.8, 4) is 0 Å². The van der Waals surface area contributed by atoms with Gasteiger partial charge >= 0.3 is 0 Å². The molecule has 0 aromatic carbocycles. The number of ether oxygens (including phenoxy) is 2. The summed E-state index contributed by atoms with van der Waals surface area (Å²) in [5.74, 6) is 0. The molecule has 2 heteroatoms. The monoisotopic (exact) mass is 115 g/mol. The van der Waals surface area contributed by atoms with Crippen LogP contribution in [0.3, 0.4) is 0 Å². The summed E-state index contributed by atoms with van der Waals surface area (Å²) in [5.41, 5.74) is 0. The number of hydrogen-bond donors (Lipinski definition) is 0. The first-order valence-electron chi connectivity index (χ1n) is 3.05. The van der Waals surface area contributed by atoms with Crippen molar-refractivity contribution in [2.75, 3.05) is 13.2 Å². The average Bonchev–Trinajstić information content (AvgIpc) is 2.19. The lowest BCUT2D eigenvalue weighted by Crippen LogP contribution is -1.94. The Bertz CT molecular complexity index is 57.5. The topological polar surface area (TPSA) is 18.5 Å². The highest BCUT2D eigenvalue weighted by atomic mass is 16.7. The van der Waals surface area contributed by atoms with Gasteiger partial charge in [-0.3, -0.25) is 0 Å². The van der Waals surface area contributed by atoms with E-state index in [0.29, 0.717) is 0 Å². The third kappa shape index (κ3) is 1.46. The van der Waals surface area contributed by atoms with Crippen LogP contribution in [0.1, 0.15) is 19.8 Å². The molecule has 1 aliphatic heterocycles. The van der Waals surface area contributed by atoms with E-state index in [1.165, 1.54) is 0 Å². The van der Waals surface area contributed by atoms with Crippen LogP contribution in [0.25, 0.3) is 0 Å². The minimum Gasteiger partial charge on any atom is -0.343 e. The van der Waals surface area contributed by atoms with E-state index in [9.17, 15) is 0 Å². The SMILES string of the molecule is CCC[C]1OCCO1. The largest absolute Gasteiger partial charge is 0.343 e. The zero-order chi connectivity index (χ0) is 5.82. The minimum absolute atomic E-state index is 0.745. The summed E-state index contributed by atoms with van der Waals surface area (Å²) in [5, 5.41) is 0. The first-order chi connectivity index (χ1) is 3.93. The Morgan fingerprint density at radius 3 is 2.50 bits per heavy atom. The first-order valence-corrected chi connectivity index (χ1v) is 3.05. The Morgan fingerprint density at radius 2 is 2.00 bits per heavy atom. The van der Waals surface area contributed by atoms with Crippen LogP contribution in [-0.4, -0.2) is 13.2 Å². The van der Waals surface area contributed by atoms with E-state index >= 15 is 0 Å².